The van der Waals surface area contributed by atoms with E-state index in [2.05, 4.69) is 37.4 Å². The zero-order valence-electron chi connectivity index (χ0n) is 12.1. The minimum Gasteiger partial charge on any atom is -0.478 e. The van der Waals surface area contributed by atoms with E-state index in [0.717, 1.165) is 5.56 Å². The molecule has 4 nitrogen and oxygen atoms in total. The second kappa shape index (κ2) is 5.13. The number of nitrogen functional groups attached to an aromatic ring is 1. The second-order valence-electron chi connectivity index (χ2n) is 5.55. The summed E-state index contributed by atoms with van der Waals surface area (Å²) in [5.74, 6) is 0.533. The van der Waals surface area contributed by atoms with Crippen LogP contribution in [-0.4, -0.2) is 12.0 Å². The number of nitrogens with one attached hydrogen (secondary N) is 1. The van der Waals surface area contributed by atoms with Crippen molar-refractivity contribution < 1.29 is 9.53 Å². The lowest BCUT2D eigenvalue weighted by Gasteiger charge is -2.26. The first-order chi connectivity index (χ1) is 10.0. The standard InChI is InChI=1S/C17H18N2O2/c1-10-5-11(2)7-12(6-10)8-16-17(20)19-14-9-13(18)3-4-15(14)21-16/h3-7,9,16H,8,18H2,1-2H3,(H,19,20). The van der Waals surface area contributed by atoms with Crippen LogP contribution in [0.3, 0.4) is 0 Å². The third-order valence-corrected chi connectivity index (χ3v) is 3.53. The van der Waals surface area contributed by atoms with Gasteiger partial charge in [-0.05, 0) is 37.6 Å². The van der Waals surface area contributed by atoms with Gasteiger partial charge in [-0.1, -0.05) is 29.3 Å². The summed E-state index contributed by atoms with van der Waals surface area (Å²) in [5, 5.41) is 2.86. The lowest BCUT2D eigenvalue weighted by molar-refractivity contribution is -0.123. The monoisotopic (exact) mass is 282 g/mol. The number of aryl methyl sites for hydroxylation is 2. The number of carbonyl (C=O) groups excluding carboxylic acids is 1. The molecule has 4 heteroatoms. The van der Waals surface area contributed by atoms with Crippen LogP contribution in [0.25, 0.3) is 0 Å². The fourth-order valence-corrected chi connectivity index (χ4v) is 2.70. The molecule has 1 amide bonds. The minimum absolute atomic E-state index is 0.132. The van der Waals surface area contributed by atoms with Gasteiger partial charge in [-0.25, -0.2) is 0 Å². The van der Waals surface area contributed by atoms with Gasteiger partial charge in [0, 0.05) is 12.1 Å². The number of rotatable bonds is 2. The Kier molecular flexibility index (Phi) is 3.29. The Morgan fingerprint density at radius 1 is 1.14 bits per heavy atom. The Morgan fingerprint density at radius 3 is 2.57 bits per heavy atom. The molecule has 0 aliphatic carbocycles. The molecule has 0 bridgehead atoms. The predicted molar refractivity (Wildman–Crippen MR) is 83.5 cm³/mol. The molecule has 1 atom stereocenters. The normalized spacial score (nSPS) is 16.9. The van der Waals surface area contributed by atoms with Crippen LogP contribution >= 0.6 is 0 Å². The number of hydrogen-bond acceptors (Lipinski definition) is 3. The molecule has 0 spiro atoms. The highest BCUT2D eigenvalue weighted by Crippen LogP contribution is 2.32. The van der Waals surface area contributed by atoms with Crippen LogP contribution in [0.1, 0.15) is 16.7 Å². The molecule has 0 radical (unpaired) electrons. The van der Waals surface area contributed by atoms with Crippen LogP contribution in [0.5, 0.6) is 5.75 Å². The van der Waals surface area contributed by atoms with E-state index < -0.39 is 6.10 Å². The molecular formula is C17H18N2O2. The van der Waals surface area contributed by atoms with E-state index in [4.69, 9.17) is 10.5 Å². The fraction of sp³-hybridized carbons (Fsp3) is 0.235. The number of carbonyl (C=O) groups is 1. The zero-order valence-corrected chi connectivity index (χ0v) is 12.1. The van der Waals surface area contributed by atoms with Gasteiger partial charge in [0.1, 0.15) is 5.75 Å². The molecule has 0 saturated carbocycles. The van der Waals surface area contributed by atoms with Gasteiger partial charge in [0.15, 0.2) is 6.10 Å². The number of hydrogen-bond donors (Lipinski definition) is 2. The average Bonchev–Trinajstić information content (AvgIpc) is 2.38. The third kappa shape index (κ3) is 2.84. The molecule has 108 valence electrons. The molecule has 1 aliphatic rings. The van der Waals surface area contributed by atoms with E-state index in [1.807, 2.05) is 0 Å². The lowest BCUT2D eigenvalue weighted by atomic mass is 10.0. The van der Waals surface area contributed by atoms with Gasteiger partial charge in [-0.2, -0.15) is 0 Å². The number of amides is 1. The quantitative estimate of drug-likeness (QED) is 0.832. The molecular weight excluding hydrogens is 264 g/mol. The summed E-state index contributed by atoms with van der Waals surface area (Å²) < 4.78 is 5.82. The fourth-order valence-electron chi connectivity index (χ4n) is 2.70. The minimum atomic E-state index is -0.512. The Labute approximate surface area is 123 Å². The van der Waals surface area contributed by atoms with E-state index in [1.54, 1.807) is 18.2 Å². The van der Waals surface area contributed by atoms with Gasteiger partial charge < -0.3 is 15.8 Å². The van der Waals surface area contributed by atoms with Crippen LogP contribution in [0.4, 0.5) is 11.4 Å². The van der Waals surface area contributed by atoms with Crippen LogP contribution in [0.2, 0.25) is 0 Å². The number of nitrogens with two attached hydrogens (primary N) is 1. The number of fused-ring (bicyclic) bond motifs is 1. The van der Waals surface area contributed by atoms with Crippen molar-refractivity contribution in [2.24, 2.45) is 0 Å². The molecule has 2 aromatic rings. The van der Waals surface area contributed by atoms with Crippen LogP contribution in [-0.2, 0) is 11.2 Å². The molecule has 3 rings (SSSR count). The largest absolute Gasteiger partial charge is 0.478 e. The van der Waals surface area contributed by atoms with E-state index in [9.17, 15) is 4.79 Å². The topological polar surface area (TPSA) is 64.3 Å². The van der Waals surface area contributed by atoms with Crippen LogP contribution in [0, 0.1) is 13.8 Å². The molecule has 1 aliphatic heterocycles. The molecule has 0 fully saturated rings. The van der Waals surface area contributed by atoms with Gasteiger partial charge in [-0.15, -0.1) is 0 Å². The highest BCUT2D eigenvalue weighted by Gasteiger charge is 2.27. The SMILES string of the molecule is Cc1cc(C)cc(CC2Oc3ccc(N)cc3NC2=O)c1. The van der Waals surface area contributed by atoms with Gasteiger partial charge >= 0.3 is 0 Å². The van der Waals surface area contributed by atoms with E-state index in [1.165, 1.54) is 11.1 Å². The summed E-state index contributed by atoms with van der Waals surface area (Å²) in [5.41, 5.74) is 10.4. The van der Waals surface area contributed by atoms with E-state index >= 15 is 0 Å². The Morgan fingerprint density at radius 2 is 1.86 bits per heavy atom. The average molecular weight is 282 g/mol. The van der Waals surface area contributed by atoms with Crippen LogP contribution in [0.15, 0.2) is 36.4 Å². The van der Waals surface area contributed by atoms with Crippen molar-refractivity contribution in [2.45, 2.75) is 26.4 Å². The predicted octanol–water partition coefficient (Wildman–Crippen LogP) is 2.83. The molecule has 2 aromatic carbocycles. The first kappa shape index (κ1) is 13.5. The maximum atomic E-state index is 12.2. The maximum absolute atomic E-state index is 12.2. The molecule has 0 saturated heterocycles. The van der Waals surface area contributed by atoms with Gasteiger partial charge in [0.25, 0.3) is 5.91 Å². The van der Waals surface area contributed by atoms with Crippen LogP contribution < -0.4 is 15.8 Å². The van der Waals surface area contributed by atoms with Crippen molar-refractivity contribution in [1.29, 1.82) is 0 Å². The van der Waals surface area contributed by atoms with Crippen molar-refractivity contribution in [1.82, 2.24) is 0 Å². The van der Waals surface area contributed by atoms with Crippen molar-refractivity contribution in [2.75, 3.05) is 11.1 Å². The Bertz CT molecular complexity index is 690. The molecule has 1 unspecified atom stereocenters. The summed E-state index contributed by atoms with van der Waals surface area (Å²) in [6.07, 6.45) is 0.0420. The summed E-state index contributed by atoms with van der Waals surface area (Å²) in [6.45, 7) is 4.10. The maximum Gasteiger partial charge on any atom is 0.265 e. The first-order valence-electron chi connectivity index (χ1n) is 6.95. The molecule has 1 heterocycles. The first-order valence-corrected chi connectivity index (χ1v) is 6.95. The Hall–Kier alpha value is -2.49. The Balaban J connectivity index is 1.83. The number of ether oxygens (including phenoxy) is 1. The van der Waals surface area contributed by atoms with Gasteiger partial charge in [-0.3, -0.25) is 4.79 Å². The molecule has 21 heavy (non-hydrogen) atoms. The number of benzene rings is 2. The van der Waals surface area contributed by atoms with Crippen molar-refractivity contribution in [3.8, 4) is 5.75 Å². The van der Waals surface area contributed by atoms with Gasteiger partial charge in [0.2, 0.25) is 0 Å². The van der Waals surface area contributed by atoms with E-state index in [0.29, 0.717) is 23.5 Å². The lowest BCUT2D eigenvalue weighted by Crippen LogP contribution is -2.38. The third-order valence-electron chi connectivity index (χ3n) is 3.53. The van der Waals surface area contributed by atoms with E-state index in [-0.39, 0.29) is 5.91 Å². The smallest absolute Gasteiger partial charge is 0.265 e. The summed E-state index contributed by atoms with van der Waals surface area (Å²) in [6, 6.07) is 11.6. The van der Waals surface area contributed by atoms with Crippen molar-refractivity contribution in [3.63, 3.8) is 0 Å². The molecule has 0 aromatic heterocycles. The molecule has 3 N–H and O–H groups in total. The summed E-state index contributed by atoms with van der Waals surface area (Å²) in [4.78, 5) is 12.2. The number of anilines is 2. The zero-order chi connectivity index (χ0) is 15.0. The summed E-state index contributed by atoms with van der Waals surface area (Å²) in [7, 11) is 0. The summed E-state index contributed by atoms with van der Waals surface area (Å²) >= 11 is 0. The highest BCUT2D eigenvalue weighted by molar-refractivity contribution is 5.98. The second-order valence-corrected chi connectivity index (χ2v) is 5.55. The van der Waals surface area contributed by atoms with Crippen molar-refractivity contribution >= 4 is 17.3 Å². The van der Waals surface area contributed by atoms with Gasteiger partial charge in [0.05, 0.1) is 5.69 Å². The van der Waals surface area contributed by atoms with Crippen molar-refractivity contribution in [3.05, 3.63) is 53.1 Å². The highest BCUT2D eigenvalue weighted by atomic mass is 16.5.